The minimum atomic E-state index is 0.102. The summed E-state index contributed by atoms with van der Waals surface area (Å²) < 4.78 is 0. The van der Waals surface area contributed by atoms with Crippen molar-refractivity contribution in [1.82, 2.24) is 0 Å². The molecule has 1 N–H and O–H groups in total. The quantitative estimate of drug-likeness (QED) is 0.361. The predicted molar refractivity (Wildman–Crippen MR) is 50.5 cm³/mol. The minimum absolute atomic E-state index is 0.102. The van der Waals surface area contributed by atoms with Crippen LogP contribution >= 0.6 is 0 Å². The Morgan fingerprint density at radius 1 is 1.58 bits per heavy atom. The number of hydrogen-bond donors (Lipinski definition) is 1. The second-order valence-corrected chi connectivity index (χ2v) is 3.83. The van der Waals surface area contributed by atoms with Crippen molar-refractivity contribution in [1.29, 1.82) is 0 Å². The van der Waals surface area contributed by atoms with Crippen molar-refractivity contribution >= 4 is 6.21 Å². The van der Waals surface area contributed by atoms with Crippen LogP contribution in [0.15, 0.2) is 28.5 Å². The molecule has 0 fully saturated rings. The molecule has 66 valence electrons. The Morgan fingerprint density at radius 3 is 2.75 bits per heavy atom. The van der Waals surface area contributed by atoms with Gasteiger partial charge in [0.25, 0.3) is 0 Å². The molecule has 0 amide bonds. The molecule has 1 rings (SSSR count). The molecule has 12 heavy (non-hydrogen) atoms. The molecule has 1 aliphatic rings. The van der Waals surface area contributed by atoms with Gasteiger partial charge in [-0.15, -0.1) is 0 Å². The molecule has 0 unspecified atom stereocenters. The van der Waals surface area contributed by atoms with Gasteiger partial charge in [-0.3, -0.25) is 0 Å². The van der Waals surface area contributed by atoms with Crippen LogP contribution in [-0.2, 0) is 0 Å². The molecule has 1 aliphatic carbocycles. The summed E-state index contributed by atoms with van der Waals surface area (Å²) in [6.07, 6.45) is 6.77. The van der Waals surface area contributed by atoms with Crippen LogP contribution in [-0.4, -0.2) is 11.4 Å². The molecule has 0 heterocycles. The molecule has 0 saturated carbocycles. The van der Waals surface area contributed by atoms with Gasteiger partial charge in [-0.2, -0.15) is 0 Å². The maximum absolute atomic E-state index is 8.48. The zero-order valence-electron chi connectivity index (χ0n) is 7.83. The highest BCUT2D eigenvalue weighted by Crippen LogP contribution is 2.35. The van der Waals surface area contributed by atoms with Gasteiger partial charge in [0, 0.05) is 0 Å². The normalized spacial score (nSPS) is 22.2. The van der Waals surface area contributed by atoms with E-state index in [1.54, 1.807) is 6.21 Å². The summed E-state index contributed by atoms with van der Waals surface area (Å²) in [7, 11) is 0. The van der Waals surface area contributed by atoms with Gasteiger partial charge < -0.3 is 5.21 Å². The van der Waals surface area contributed by atoms with Crippen molar-refractivity contribution in [3.05, 3.63) is 23.3 Å². The van der Waals surface area contributed by atoms with Gasteiger partial charge in [0.05, 0.1) is 6.21 Å². The molecule has 0 aromatic carbocycles. The highest BCUT2D eigenvalue weighted by atomic mass is 16.4. The van der Waals surface area contributed by atoms with E-state index in [4.69, 9.17) is 5.21 Å². The molecule has 0 aliphatic heterocycles. The maximum Gasteiger partial charge on any atom is 0.0701 e. The Labute approximate surface area is 73.3 Å². The Hall–Kier alpha value is -1.05. The van der Waals surface area contributed by atoms with Crippen molar-refractivity contribution in [2.45, 2.75) is 27.2 Å². The fourth-order valence-corrected chi connectivity index (χ4v) is 1.60. The van der Waals surface area contributed by atoms with Gasteiger partial charge in [0.1, 0.15) is 0 Å². The molecular weight excluding hydrogens is 150 g/mol. The van der Waals surface area contributed by atoms with Crippen molar-refractivity contribution < 1.29 is 5.21 Å². The molecule has 0 saturated heterocycles. The first-order chi connectivity index (χ1) is 5.58. The van der Waals surface area contributed by atoms with Crippen LogP contribution in [0.4, 0.5) is 0 Å². The Bertz CT molecular complexity index is 259. The van der Waals surface area contributed by atoms with E-state index in [9.17, 15) is 0 Å². The third-order valence-electron chi connectivity index (χ3n) is 2.34. The van der Waals surface area contributed by atoms with E-state index in [0.717, 1.165) is 12.0 Å². The zero-order chi connectivity index (χ0) is 9.19. The van der Waals surface area contributed by atoms with Gasteiger partial charge in [0.15, 0.2) is 0 Å². The topological polar surface area (TPSA) is 32.6 Å². The monoisotopic (exact) mass is 165 g/mol. The highest BCUT2D eigenvalue weighted by molar-refractivity contribution is 5.82. The SMILES string of the molecule is CC1=C(C=NO)C(C)(C)CC=C1. The molecule has 0 spiro atoms. The highest BCUT2D eigenvalue weighted by Gasteiger charge is 2.24. The van der Waals surface area contributed by atoms with Crippen LogP contribution in [0.5, 0.6) is 0 Å². The number of allylic oxidation sites excluding steroid dienone is 4. The largest absolute Gasteiger partial charge is 0.411 e. The first-order valence-corrected chi connectivity index (χ1v) is 4.13. The van der Waals surface area contributed by atoms with Crippen LogP contribution in [0.25, 0.3) is 0 Å². The molecule has 0 atom stereocenters. The van der Waals surface area contributed by atoms with Crippen molar-refractivity contribution in [2.24, 2.45) is 10.6 Å². The number of oxime groups is 1. The fourth-order valence-electron chi connectivity index (χ4n) is 1.60. The van der Waals surface area contributed by atoms with Crippen LogP contribution < -0.4 is 0 Å². The van der Waals surface area contributed by atoms with Gasteiger partial charge in [-0.05, 0) is 29.9 Å². The summed E-state index contributed by atoms with van der Waals surface area (Å²) in [5.41, 5.74) is 2.40. The van der Waals surface area contributed by atoms with Crippen molar-refractivity contribution in [2.75, 3.05) is 0 Å². The molecule has 0 aromatic rings. The summed E-state index contributed by atoms with van der Waals surface area (Å²) >= 11 is 0. The first-order valence-electron chi connectivity index (χ1n) is 4.13. The van der Waals surface area contributed by atoms with Crippen LogP contribution in [0.3, 0.4) is 0 Å². The van der Waals surface area contributed by atoms with E-state index in [0.29, 0.717) is 0 Å². The molecule has 0 bridgehead atoms. The standard InChI is InChI=1S/C10H15NO/c1-8-5-4-6-10(2,3)9(8)7-11-12/h4-5,7,12H,6H2,1-3H3. The van der Waals surface area contributed by atoms with E-state index in [2.05, 4.69) is 31.2 Å². The van der Waals surface area contributed by atoms with E-state index in [-0.39, 0.29) is 5.41 Å². The summed E-state index contributed by atoms with van der Waals surface area (Å²) in [5.74, 6) is 0. The minimum Gasteiger partial charge on any atom is -0.411 e. The lowest BCUT2D eigenvalue weighted by atomic mass is 9.76. The summed E-state index contributed by atoms with van der Waals surface area (Å²) in [6.45, 7) is 6.34. The van der Waals surface area contributed by atoms with E-state index >= 15 is 0 Å². The average Bonchev–Trinajstić information content (AvgIpc) is 1.97. The third kappa shape index (κ3) is 1.58. The van der Waals surface area contributed by atoms with Crippen molar-refractivity contribution in [3.63, 3.8) is 0 Å². The molecule has 2 heteroatoms. The fraction of sp³-hybridized carbons (Fsp3) is 0.500. The van der Waals surface area contributed by atoms with Crippen molar-refractivity contribution in [3.8, 4) is 0 Å². The molecule has 0 aromatic heterocycles. The van der Waals surface area contributed by atoms with Gasteiger partial charge in [0.2, 0.25) is 0 Å². The summed E-state index contributed by atoms with van der Waals surface area (Å²) in [6, 6.07) is 0. The maximum atomic E-state index is 8.48. The van der Waals surface area contributed by atoms with Crippen LogP contribution in [0.1, 0.15) is 27.2 Å². The number of hydrogen-bond acceptors (Lipinski definition) is 2. The second-order valence-electron chi connectivity index (χ2n) is 3.83. The summed E-state index contributed by atoms with van der Waals surface area (Å²) in [4.78, 5) is 0. The van der Waals surface area contributed by atoms with E-state index in [1.807, 2.05) is 6.92 Å². The van der Waals surface area contributed by atoms with Gasteiger partial charge >= 0.3 is 0 Å². The zero-order valence-corrected chi connectivity index (χ0v) is 7.83. The lowest BCUT2D eigenvalue weighted by Crippen LogP contribution is -2.18. The van der Waals surface area contributed by atoms with E-state index < -0.39 is 0 Å². The lowest BCUT2D eigenvalue weighted by molar-refractivity contribution is 0.320. The Morgan fingerprint density at radius 2 is 2.25 bits per heavy atom. The lowest BCUT2D eigenvalue weighted by Gasteiger charge is -2.28. The van der Waals surface area contributed by atoms with Gasteiger partial charge in [-0.25, -0.2) is 0 Å². The first kappa shape index (κ1) is 9.04. The van der Waals surface area contributed by atoms with Gasteiger partial charge in [-0.1, -0.05) is 31.2 Å². The van der Waals surface area contributed by atoms with E-state index in [1.165, 1.54) is 5.57 Å². The Balaban J connectivity index is 3.07. The molecule has 2 nitrogen and oxygen atoms in total. The molecule has 0 radical (unpaired) electrons. The number of rotatable bonds is 1. The second kappa shape index (κ2) is 3.13. The predicted octanol–water partition coefficient (Wildman–Crippen LogP) is 2.75. The Kier molecular flexibility index (Phi) is 2.36. The summed E-state index contributed by atoms with van der Waals surface area (Å²) in [5, 5.41) is 11.6. The number of nitrogens with zero attached hydrogens (tertiary/aromatic N) is 1. The third-order valence-corrected chi connectivity index (χ3v) is 2.34. The van der Waals surface area contributed by atoms with Crippen LogP contribution in [0.2, 0.25) is 0 Å². The smallest absolute Gasteiger partial charge is 0.0701 e. The van der Waals surface area contributed by atoms with Crippen LogP contribution in [0, 0.1) is 5.41 Å². The average molecular weight is 165 g/mol. The molecular formula is C10H15NO.